The Kier molecular flexibility index (Phi) is 3.17. The van der Waals surface area contributed by atoms with Gasteiger partial charge in [0.25, 0.3) is 0 Å². The molecule has 1 aromatic rings. The van der Waals surface area contributed by atoms with E-state index in [4.69, 9.17) is 10.5 Å². The largest absolute Gasteiger partial charge is 0.481 e. The molecule has 0 aliphatic heterocycles. The maximum absolute atomic E-state index is 11.2. The van der Waals surface area contributed by atoms with Crippen LogP contribution in [0.5, 0.6) is 0 Å². The molecule has 0 amide bonds. The Labute approximate surface area is 100 Å². The predicted molar refractivity (Wildman–Crippen MR) is 63.8 cm³/mol. The number of carboxylic acid groups (broad SMARTS) is 1. The van der Waals surface area contributed by atoms with Crippen molar-refractivity contribution in [3.63, 3.8) is 0 Å². The molecule has 1 aliphatic carbocycles. The van der Waals surface area contributed by atoms with E-state index >= 15 is 0 Å². The average molecular weight is 235 g/mol. The van der Waals surface area contributed by atoms with Crippen molar-refractivity contribution in [1.29, 1.82) is 0 Å². The number of carbonyl (C=O) groups is 1. The van der Waals surface area contributed by atoms with Crippen LogP contribution in [-0.4, -0.2) is 24.7 Å². The lowest BCUT2D eigenvalue weighted by molar-refractivity contribution is -0.138. The standard InChI is InChI=1S/C13H17NO3/c1-17-13(6-7-13)11-5-3-2-4-9(11)10(8-14)12(15)16/h2-5,10H,6-8,14H2,1H3,(H,15,16). The Bertz CT molecular complexity index is 426. The van der Waals surface area contributed by atoms with Gasteiger partial charge in [0.2, 0.25) is 0 Å². The zero-order valence-electron chi connectivity index (χ0n) is 9.85. The minimum absolute atomic E-state index is 0.103. The summed E-state index contributed by atoms with van der Waals surface area (Å²) in [5.41, 5.74) is 7.03. The summed E-state index contributed by atoms with van der Waals surface area (Å²) in [6, 6.07) is 7.53. The summed E-state index contributed by atoms with van der Waals surface area (Å²) in [6.07, 6.45) is 1.88. The van der Waals surface area contributed by atoms with Crippen LogP contribution in [-0.2, 0) is 15.1 Å². The monoisotopic (exact) mass is 235 g/mol. The number of carboxylic acids is 1. The predicted octanol–water partition coefficient (Wildman–Crippen LogP) is 1.45. The molecule has 4 nitrogen and oxygen atoms in total. The fraction of sp³-hybridized carbons (Fsp3) is 0.462. The highest BCUT2D eigenvalue weighted by Crippen LogP contribution is 2.50. The highest BCUT2D eigenvalue weighted by Gasteiger charge is 2.46. The smallest absolute Gasteiger partial charge is 0.312 e. The third-order valence-electron chi connectivity index (χ3n) is 3.46. The number of nitrogens with two attached hydrogens (primary N) is 1. The van der Waals surface area contributed by atoms with E-state index in [2.05, 4.69) is 0 Å². The quantitative estimate of drug-likeness (QED) is 0.810. The van der Waals surface area contributed by atoms with Gasteiger partial charge >= 0.3 is 5.97 Å². The molecule has 0 radical (unpaired) electrons. The van der Waals surface area contributed by atoms with Gasteiger partial charge in [-0.15, -0.1) is 0 Å². The summed E-state index contributed by atoms with van der Waals surface area (Å²) in [6.45, 7) is 0.103. The third kappa shape index (κ3) is 2.06. The summed E-state index contributed by atoms with van der Waals surface area (Å²) < 4.78 is 5.52. The highest BCUT2D eigenvalue weighted by atomic mass is 16.5. The van der Waals surface area contributed by atoms with Crippen molar-refractivity contribution in [3.05, 3.63) is 35.4 Å². The van der Waals surface area contributed by atoms with E-state index in [0.29, 0.717) is 0 Å². The maximum Gasteiger partial charge on any atom is 0.312 e. The molecule has 0 spiro atoms. The lowest BCUT2D eigenvalue weighted by Crippen LogP contribution is -2.24. The SMILES string of the molecule is COC1(c2ccccc2C(CN)C(=O)O)CC1. The normalized spacial score (nSPS) is 18.7. The Balaban J connectivity index is 2.44. The van der Waals surface area contributed by atoms with Crippen molar-refractivity contribution in [2.75, 3.05) is 13.7 Å². The van der Waals surface area contributed by atoms with E-state index in [1.54, 1.807) is 7.11 Å². The van der Waals surface area contributed by atoms with Crippen molar-refractivity contribution < 1.29 is 14.6 Å². The molecule has 1 aromatic carbocycles. The van der Waals surface area contributed by atoms with Crippen LogP contribution in [0.25, 0.3) is 0 Å². The van der Waals surface area contributed by atoms with Crippen LogP contribution in [0.4, 0.5) is 0 Å². The van der Waals surface area contributed by atoms with Crippen LogP contribution < -0.4 is 5.73 Å². The fourth-order valence-electron chi connectivity index (χ4n) is 2.27. The van der Waals surface area contributed by atoms with Crippen molar-refractivity contribution >= 4 is 5.97 Å². The molecule has 0 bridgehead atoms. The number of methoxy groups -OCH3 is 1. The summed E-state index contributed by atoms with van der Waals surface area (Å²) in [5.74, 6) is -1.54. The van der Waals surface area contributed by atoms with E-state index in [1.807, 2.05) is 24.3 Å². The number of hydrogen-bond donors (Lipinski definition) is 2. The lowest BCUT2D eigenvalue weighted by atomic mass is 9.90. The maximum atomic E-state index is 11.2. The number of aliphatic carboxylic acids is 1. The van der Waals surface area contributed by atoms with Crippen LogP contribution in [0.2, 0.25) is 0 Å². The zero-order valence-corrected chi connectivity index (χ0v) is 9.85. The van der Waals surface area contributed by atoms with Gasteiger partial charge in [0.05, 0.1) is 11.5 Å². The molecule has 3 N–H and O–H groups in total. The first-order valence-corrected chi connectivity index (χ1v) is 5.72. The molecule has 1 aliphatic rings. The summed E-state index contributed by atoms with van der Waals surface area (Å²) in [4.78, 5) is 11.2. The van der Waals surface area contributed by atoms with E-state index in [-0.39, 0.29) is 12.1 Å². The Morgan fingerprint density at radius 1 is 1.53 bits per heavy atom. The van der Waals surface area contributed by atoms with Crippen molar-refractivity contribution in [3.8, 4) is 0 Å². The highest BCUT2D eigenvalue weighted by molar-refractivity contribution is 5.77. The first-order valence-electron chi connectivity index (χ1n) is 5.72. The van der Waals surface area contributed by atoms with Crippen LogP contribution in [0.1, 0.15) is 29.9 Å². The summed E-state index contributed by atoms with van der Waals surface area (Å²) in [7, 11) is 1.67. The van der Waals surface area contributed by atoms with Crippen LogP contribution in [0.15, 0.2) is 24.3 Å². The minimum Gasteiger partial charge on any atom is -0.481 e. The molecule has 0 aromatic heterocycles. The molecular formula is C13H17NO3. The van der Waals surface area contributed by atoms with Gasteiger partial charge in [-0.05, 0) is 24.0 Å². The fourth-order valence-corrected chi connectivity index (χ4v) is 2.27. The number of benzene rings is 1. The van der Waals surface area contributed by atoms with E-state index in [9.17, 15) is 9.90 Å². The average Bonchev–Trinajstić information content (AvgIpc) is 3.11. The molecule has 0 heterocycles. The Hall–Kier alpha value is -1.39. The lowest BCUT2D eigenvalue weighted by Gasteiger charge is -2.21. The molecule has 4 heteroatoms. The van der Waals surface area contributed by atoms with Gasteiger partial charge in [-0.3, -0.25) is 4.79 Å². The van der Waals surface area contributed by atoms with E-state index < -0.39 is 11.9 Å². The van der Waals surface area contributed by atoms with Crippen molar-refractivity contribution in [2.45, 2.75) is 24.4 Å². The number of rotatable bonds is 5. The second kappa shape index (κ2) is 4.47. The molecule has 1 atom stereocenters. The second-order valence-electron chi connectivity index (χ2n) is 4.41. The van der Waals surface area contributed by atoms with Gasteiger partial charge in [0.15, 0.2) is 0 Å². The second-order valence-corrected chi connectivity index (χ2v) is 4.41. The van der Waals surface area contributed by atoms with Gasteiger partial charge in [-0.1, -0.05) is 24.3 Å². The molecule has 17 heavy (non-hydrogen) atoms. The number of ether oxygens (including phenoxy) is 1. The van der Waals surface area contributed by atoms with Gasteiger partial charge < -0.3 is 15.6 Å². The van der Waals surface area contributed by atoms with Crippen molar-refractivity contribution in [2.24, 2.45) is 5.73 Å². The van der Waals surface area contributed by atoms with Crippen LogP contribution >= 0.6 is 0 Å². The molecule has 0 saturated heterocycles. The van der Waals surface area contributed by atoms with Crippen molar-refractivity contribution in [1.82, 2.24) is 0 Å². The molecule has 2 rings (SSSR count). The first-order chi connectivity index (χ1) is 8.14. The molecule has 92 valence electrons. The van der Waals surface area contributed by atoms with Crippen LogP contribution in [0.3, 0.4) is 0 Å². The first kappa shape index (κ1) is 12.1. The summed E-state index contributed by atoms with van der Waals surface area (Å²) >= 11 is 0. The van der Waals surface area contributed by atoms with E-state index in [1.165, 1.54) is 0 Å². The Morgan fingerprint density at radius 3 is 2.65 bits per heavy atom. The molecule has 1 fully saturated rings. The van der Waals surface area contributed by atoms with E-state index in [0.717, 1.165) is 24.0 Å². The minimum atomic E-state index is -0.883. The Morgan fingerprint density at radius 2 is 2.18 bits per heavy atom. The molecular weight excluding hydrogens is 218 g/mol. The zero-order chi connectivity index (χ0) is 12.5. The van der Waals surface area contributed by atoms with Crippen LogP contribution in [0, 0.1) is 0 Å². The molecule has 1 unspecified atom stereocenters. The van der Waals surface area contributed by atoms with Gasteiger partial charge in [-0.2, -0.15) is 0 Å². The third-order valence-corrected chi connectivity index (χ3v) is 3.46. The van der Waals surface area contributed by atoms with Gasteiger partial charge in [0.1, 0.15) is 0 Å². The summed E-state index contributed by atoms with van der Waals surface area (Å²) in [5, 5.41) is 9.19. The number of hydrogen-bond acceptors (Lipinski definition) is 3. The van der Waals surface area contributed by atoms with Gasteiger partial charge in [-0.25, -0.2) is 0 Å². The topological polar surface area (TPSA) is 72.5 Å². The van der Waals surface area contributed by atoms with Gasteiger partial charge in [0, 0.05) is 13.7 Å². The molecule has 1 saturated carbocycles.